The van der Waals surface area contributed by atoms with E-state index in [4.69, 9.17) is 10.5 Å². The first kappa shape index (κ1) is 20.3. The van der Waals surface area contributed by atoms with Crippen molar-refractivity contribution in [2.45, 2.75) is 37.5 Å². The van der Waals surface area contributed by atoms with Crippen molar-refractivity contribution >= 4 is 23.2 Å². The molecule has 29 heavy (non-hydrogen) atoms. The van der Waals surface area contributed by atoms with E-state index in [0.717, 1.165) is 24.8 Å². The lowest BCUT2D eigenvalue weighted by atomic mass is 9.68. The minimum atomic E-state index is -0.714. The number of primary amides is 1. The smallest absolute Gasteiger partial charge is 0.269 e. The van der Waals surface area contributed by atoms with Crippen molar-refractivity contribution in [3.05, 3.63) is 64.2 Å². The summed E-state index contributed by atoms with van der Waals surface area (Å²) in [5.74, 6) is -0.217. The molecule has 8 heteroatoms. The van der Waals surface area contributed by atoms with E-state index in [2.05, 4.69) is 5.32 Å². The number of carbonyl (C=O) groups is 2. The fourth-order valence-corrected chi connectivity index (χ4v) is 3.74. The summed E-state index contributed by atoms with van der Waals surface area (Å²) in [6.07, 6.45) is 4.29. The van der Waals surface area contributed by atoms with Crippen LogP contribution in [0.2, 0.25) is 0 Å². The number of nitrogens with one attached hydrogen (secondary N) is 1. The third-order valence-electron chi connectivity index (χ3n) is 5.27. The molecule has 1 fully saturated rings. The maximum Gasteiger partial charge on any atom is 0.269 e. The Morgan fingerprint density at radius 3 is 2.21 bits per heavy atom. The van der Waals surface area contributed by atoms with Gasteiger partial charge in [-0.05, 0) is 42.7 Å². The van der Waals surface area contributed by atoms with Crippen molar-refractivity contribution in [2.24, 2.45) is 5.73 Å². The number of benzene rings is 2. The normalized spacial score (nSPS) is 15.3. The van der Waals surface area contributed by atoms with E-state index >= 15 is 0 Å². The van der Waals surface area contributed by atoms with Gasteiger partial charge in [-0.3, -0.25) is 19.7 Å². The summed E-state index contributed by atoms with van der Waals surface area (Å²) in [6.45, 7) is -0.213. The summed E-state index contributed by atoms with van der Waals surface area (Å²) in [7, 11) is 0. The van der Waals surface area contributed by atoms with E-state index in [1.807, 2.05) is 0 Å². The third kappa shape index (κ3) is 4.71. The zero-order chi connectivity index (χ0) is 20.9. The minimum absolute atomic E-state index is 0.00617. The summed E-state index contributed by atoms with van der Waals surface area (Å²) < 4.78 is 5.22. The lowest BCUT2D eigenvalue weighted by Gasteiger charge is -2.36. The number of amides is 2. The maximum atomic E-state index is 13.3. The number of nitro groups is 1. The molecule has 1 saturated carbocycles. The first-order valence-corrected chi connectivity index (χ1v) is 9.48. The van der Waals surface area contributed by atoms with Crippen LogP contribution in [0.5, 0.6) is 5.75 Å². The molecule has 2 aromatic rings. The summed E-state index contributed by atoms with van der Waals surface area (Å²) in [4.78, 5) is 34.6. The molecule has 0 aromatic heterocycles. The summed E-state index contributed by atoms with van der Waals surface area (Å²) in [5.41, 5.74) is 5.75. The Balaban J connectivity index is 1.79. The average Bonchev–Trinajstić information content (AvgIpc) is 2.73. The number of non-ortho nitro benzene ring substituents is 1. The number of ether oxygens (including phenoxy) is 1. The van der Waals surface area contributed by atoms with Crippen molar-refractivity contribution in [2.75, 3.05) is 11.9 Å². The van der Waals surface area contributed by atoms with Gasteiger partial charge in [0.05, 0.1) is 10.3 Å². The van der Waals surface area contributed by atoms with Gasteiger partial charge in [-0.2, -0.15) is 0 Å². The number of nitrogens with zero attached hydrogens (tertiary/aromatic N) is 1. The number of nitro benzene ring substituents is 1. The molecule has 0 saturated heterocycles. The Morgan fingerprint density at radius 1 is 1.03 bits per heavy atom. The van der Waals surface area contributed by atoms with Crippen LogP contribution in [0.25, 0.3) is 0 Å². The van der Waals surface area contributed by atoms with Crippen LogP contribution < -0.4 is 15.8 Å². The van der Waals surface area contributed by atoms with Gasteiger partial charge in [0.1, 0.15) is 5.75 Å². The number of carbonyl (C=O) groups excluding carboxylic acids is 2. The van der Waals surface area contributed by atoms with Gasteiger partial charge in [0.15, 0.2) is 6.61 Å². The molecule has 8 nitrogen and oxygen atoms in total. The van der Waals surface area contributed by atoms with Crippen LogP contribution in [0.4, 0.5) is 11.4 Å². The highest BCUT2D eigenvalue weighted by molar-refractivity contribution is 5.99. The second-order valence-electron chi connectivity index (χ2n) is 7.18. The summed E-state index contributed by atoms with van der Waals surface area (Å²) >= 11 is 0. The molecule has 2 amide bonds. The lowest BCUT2D eigenvalue weighted by molar-refractivity contribution is -0.384. The van der Waals surface area contributed by atoms with Crippen molar-refractivity contribution in [3.63, 3.8) is 0 Å². The highest BCUT2D eigenvalue weighted by atomic mass is 16.6. The van der Waals surface area contributed by atoms with E-state index in [0.29, 0.717) is 24.3 Å². The molecule has 0 radical (unpaired) electrons. The van der Waals surface area contributed by atoms with Gasteiger partial charge in [0, 0.05) is 17.8 Å². The standard InChI is InChI=1S/C21H23N3O5/c22-19(25)14-29-18-10-6-16(7-11-18)23-20(26)21(12-2-1-3-13-21)15-4-8-17(9-5-15)24(27)28/h4-11H,1-3,12-14H2,(H2,22,25)(H,23,26). The first-order chi connectivity index (χ1) is 13.9. The maximum absolute atomic E-state index is 13.3. The predicted octanol–water partition coefficient (Wildman–Crippen LogP) is 3.30. The first-order valence-electron chi connectivity index (χ1n) is 9.48. The van der Waals surface area contributed by atoms with E-state index in [-0.39, 0.29) is 18.2 Å². The van der Waals surface area contributed by atoms with Crippen molar-refractivity contribution in [1.29, 1.82) is 0 Å². The number of hydrogen-bond donors (Lipinski definition) is 2. The molecule has 0 aliphatic heterocycles. The molecule has 1 aliphatic rings. The highest BCUT2D eigenvalue weighted by Crippen LogP contribution is 2.41. The second kappa shape index (κ2) is 8.72. The van der Waals surface area contributed by atoms with Crippen LogP contribution in [-0.4, -0.2) is 23.3 Å². The van der Waals surface area contributed by atoms with Crippen LogP contribution >= 0.6 is 0 Å². The lowest BCUT2D eigenvalue weighted by Crippen LogP contribution is -2.42. The second-order valence-corrected chi connectivity index (χ2v) is 7.18. The number of hydrogen-bond acceptors (Lipinski definition) is 5. The molecule has 3 N–H and O–H groups in total. The molecular formula is C21H23N3O5. The minimum Gasteiger partial charge on any atom is -0.484 e. The largest absolute Gasteiger partial charge is 0.484 e. The van der Waals surface area contributed by atoms with Gasteiger partial charge in [-0.25, -0.2) is 0 Å². The molecule has 0 spiro atoms. The van der Waals surface area contributed by atoms with E-state index in [9.17, 15) is 19.7 Å². The molecule has 152 valence electrons. The average molecular weight is 397 g/mol. The number of anilines is 1. The van der Waals surface area contributed by atoms with Gasteiger partial charge >= 0.3 is 0 Å². The summed E-state index contributed by atoms with van der Waals surface area (Å²) in [5, 5.41) is 13.9. The molecule has 0 unspecified atom stereocenters. The van der Waals surface area contributed by atoms with Crippen molar-refractivity contribution < 1.29 is 19.2 Å². The zero-order valence-corrected chi connectivity index (χ0v) is 15.9. The molecule has 0 bridgehead atoms. The Kier molecular flexibility index (Phi) is 6.11. The van der Waals surface area contributed by atoms with E-state index in [1.54, 1.807) is 36.4 Å². The topological polar surface area (TPSA) is 125 Å². The Bertz CT molecular complexity index is 888. The number of rotatable bonds is 7. The van der Waals surface area contributed by atoms with Gasteiger partial charge in [-0.15, -0.1) is 0 Å². The van der Waals surface area contributed by atoms with Crippen LogP contribution in [0, 0.1) is 10.1 Å². The van der Waals surface area contributed by atoms with Gasteiger partial charge < -0.3 is 15.8 Å². The van der Waals surface area contributed by atoms with Gasteiger partial charge in [0.2, 0.25) is 5.91 Å². The van der Waals surface area contributed by atoms with Crippen LogP contribution in [0.3, 0.4) is 0 Å². The molecule has 2 aromatic carbocycles. The van der Waals surface area contributed by atoms with Crippen molar-refractivity contribution in [3.8, 4) is 5.75 Å². The third-order valence-corrected chi connectivity index (χ3v) is 5.27. The van der Waals surface area contributed by atoms with Gasteiger partial charge in [-0.1, -0.05) is 31.4 Å². The molecule has 1 aliphatic carbocycles. The Labute approximate surface area is 168 Å². The van der Waals surface area contributed by atoms with E-state index in [1.165, 1.54) is 12.1 Å². The monoisotopic (exact) mass is 397 g/mol. The van der Waals surface area contributed by atoms with Crippen LogP contribution in [0.1, 0.15) is 37.7 Å². The fraction of sp³-hybridized carbons (Fsp3) is 0.333. The van der Waals surface area contributed by atoms with E-state index < -0.39 is 16.2 Å². The molecular weight excluding hydrogens is 374 g/mol. The highest BCUT2D eigenvalue weighted by Gasteiger charge is 2.41. The Morgan fingerprint density at radius 2 is 1.66 bits per heavy atom. The molecule has 3 rings (SSSR count). The predicted molar refractivity (Wildman–Crippen MR) is 108 cm³/mol. The van der Waals surface area contributed by atoms with Crippen molar-refractivity contribution in [1.82, 2.24) is 0 Å². The summed E-state index contributed by atoms with van der Waals surface area (Å²) in [6, 6.07) is 13.0. The fourth-order valence-electron chi connectivity index (χ4n) is 3.74. The van der Waals surface area contributed by atoms with Crippen LogP contribution in [-0.2, 0) is 15.0 Å². The zero-order valence-electron chi connectivity index (χ0n) is 15.9. The number of nitrogens with two attached hydrogens (primary N) is 1. The molecule has 0 heterocycles. The quantitative estimate of drug-likeness (QED) is 0.548. The molecule has 0 atom stereocenters. The SMILES string of the molecule is NC(=O)COc1ccc(NC(=O)C2(c3ccc([N+](=O)[O-])cc3)CCCCC2)cc1. The van der Waals surface area contributed by atoms with Crippen LogP contribution in [0.15, 0.2) is 48.5 Å². The van der Waals surface area contributed by atoms with Gasteiger partial charge in [0.25, 0.3) is 11.6 Å². The Hall–Kier alpha value is -3.42.